The van der Waals surface area contributed by atoms with Gasteiger partial charge in [-0.2, -0.15) is 0 Å². The number of nitrogens with zero attached hydrogens (tertiary/aromatic N) is 1. The van der Waals surface area contributed by atoms with Crippen molar-refractivity contribution in [2.75, 3.05) is 6.61 Å². The largest absolute Gasteiger partial charge is 0.493 e. The minimum absolute atomic E-state index is 0.397. The van der Waals surface area contributed by atoms with Crippen molar-refractivity contribution >= 4 is 23.2 Å². The predicted octanol–water partition coefficient (Wildman–Crippen LogP) is 1.94. The highest BCUT2D eigenvalue weighted by molar-refractivity contribution is 7.13. The van der Waals surface area contributed by atoms with Crippen LogP contribution < -0.4 is 10.1 Å². The van der Waals surface area contributed by atoms with Gasteiger partial charge in [-0.15, -0.1) is 11.3 Å². The lowest BCUT2D eigenvalue weighted by atomic mass is 10.0. The first-order valence-corrected chi connectivity index (χ1v) is 7.58. The molecule has 0 saturated heterocycles. The van der Waals surface area contributed by atoms with Gasteiger partial charge < -0.3 is 15.2 Å². The Morgan fingerprint density at radius 2 is 2.27 bits per heavy atom. The highest BCUT2D eigenvalue weighted by Crippen LogP contribution is 2.28. The zero-order valence-electron chi connectivity index (χ0n) is 11.8. The van der Waals surface area contributed by atoms with Crippen molar-refractivity contribution in [3.63, 3.8) is 0 Å². The second-order valence-electron chi connectivity index (χ2n) is 4.95. The average Bonchev–Trinajstić information content (AvgIpc) is 3.11. The lowest BCUT2D eigenvalue weighted by Crippen LogP contribution is -2.33. The number of carboxylic acid groups (broad SMARTS) is 1. The summed E-state index contributed by atoms with van der Waals surface area (Å²) in [6, 6.07) is 4.10. The maximum Gasteiger partial charge on any atom is 0.330 e. The molecular formula is C15H14N2O4S. The summed E-state index contributed by atoms with van der Waals surface area (Å²) < 4.78 is 5.41. The Bertz CT molecular complexity index is 741. The molecule has 2 aromatic rings. The molecule has 114 valence electrons. The van der Waals surface area contributed by atoms with E-state index in [9.17, 15) is 14.7 Å². The molecule has 1 atom stereocenters. The van der Waals surface area contributed by atoms with Gasteiger partial charge in [-0.1, -0.05) is 6.07 Å². The fourth-order valence-electron chi connectivity index (χ4n) is 2.34. The molecule has 6 nitrogen and oxygen atoms in total. The van der Waals surface area contributed by atoms with Crippen LogP contribution in [0.25, 0.3) is 0 Å². The van der Waals surface area contributed by atoms with Crippen molar-refractivity contribution in [1.82, 2.24) is 10.3 Å². The Kier molecular flexibility index (Phi) is 3.81. The van der Waals surface area contributed by atoms with Gasteiger partial charge in [0.15, 0.2) is 6.04 Å². The molecule has 2 heterocycles. The van der Waals surface area contributed by atoms with E-state index in [0.29, 0.717) is 17.0 Å². The maximum absolute atomic E-state index is 12.2. The van der Waals surface area contributed by atoms with E-state index in [1.165, 1.54) is 17.5 Å². The third kappa shape index (κ3) is 2.80. The number of aliphatic carboxylic acids is 1. The summed E-state index contributed by atoms with van der Waals surface area (Å²) in [5, 5.41) is 12.7. The summed E-state index contributed by atoms with van der Waals surface area (Å²) >= 11 is 1.23. The maximum atomic E-state index is 12.2. The van der Waals surface area contributed by atoms with Crippen molar-refractivity contribution in [2.24, 2.45) is 0 Å². The highest BCUT2D eigenvalue weighted by Gasteiger charge is 2.25. The SMILES string of the molecule is Cc1ncc(C(=O)NC(C(=O)O)c2ccc3c(c2)CCO3)s1. The van der Waals surface area contributed by atoms with Gasteiger partial charge in [0.25, 0.3) is 5.91 Å². The molecule has 22 heavy (non-hydrogen) atoms. The van der Waals surface area contributed by atoms with E-state index < -0.39 is 17.9 Å². The first-order chi connectivity index (χ1) is 10.5. The molecule has 2 N–H and O–H groups in total. The Labute approximate surface area is 130 Å². The monoisotopic (exact) mass is 318 g/mol. The summed E-state index contributed by atoms with van der Waals surface area (Å²) in [5.41, 5.74) is 1.50. The van der Waals surface area contributed by atoms with Gasteiger partial charge in [-0.05, 0) is 30.2 Å². The fourth-order valence-corrected chi connectivity index (χ4v) is 3.02. The number of aryl methyl sites for hydroxylation is 1. The van der Waals surface area contributed by atoms with Gasteiger partial charge in [-0.25, -0.2) is 9.78 Å². The lowest BCUT2D eigenvalue weighted by Gasteiger charge is -2.15. The lowest BCUT2D eigenvalue weighted by molar-refractivity contribution is -0.139. The average molecular weight is 318 g/mol. The normalized spacial score (nSPS) is 14.0. The van der Waals surface area contributed by atoms with Crippen LogP contribution in [-0.4, -0.2) is 28.6 Å². The number of rotatable bonds is 4. The van der Waals surface area contributed by atoms with Crippen LogP contribution in [0.5, 0.6) is 5.75 Å². The third-order valence-corrected chi connectivity index (χ3v) is 4.33. The topological polar surface area (TPSA) is 88.5 Å². The van der Waals surface area contributed by atoms with Crippen molar-refractivity contribution in [3.8, 4) is 5.75 Å². The number of carboxylic acids is 1. The van der Waals surface area contributed by atoms with Crippen LogP contribution in [0.1, 0.15) is 31.8 Å². The molecule has 0 bridgehead atoms. The zero-order chi connectivity index (χ0) is 15.7. The Hall–Kier alpha value is -2.41. The number of aromatic nitrogens is 1. The number of hydrogen-bond acceptors (Lipinski definition) is 5. The number of nitrogens with one attached hydrogen (secondary N) is 1. The van der Waals surface area contributed by atoms with Gasteiger partial charge in [0.2, 0.25) is 0 Å². The Morgan fingerprint density at radius 3 is 2.95 bits per heavy atom. The van der Waals surface area contributed by atoms with Gasteiger partial charge in [0.1, 0.15) is 10.6 Å². The molecule has 3 rings (SSSR count). The van der Waals surface area contributed by atoms with E-state index in [2.05, 4.69) is 10.3 Å². The number of benzene rings is 1. The van der Waals surface area contributed by atoms with Crippen LogP contribution in [0.4, 0.5) is 0 Å². The minimum Gasteiger partial charge on any atom is -0.493 e. The predicted molar refractivity (Wildman–Crippen MR) is 80.3 cm³/mol. The second kappa shape index (κ2) is 5.76. The van der Waals surface area contributed by atoms with Crippen LogP contribution in [0.2, 0.25) is 0 Å². The van der Waals surface area contributed by atoms with Crippen LogP contribution in [0.15, 0.2) is 24.4 Å². The molecule has 1 unspecified atom stereocenters. The highest BCUT2D eigenvalue weighted by atomic mass is 32.1. The summed E-state index contributed by atoms with van der Waals surface area (Å²) in [6.07, 6.45) is 2.20. The molecule has 7 heteroatoms. The summed E-state index contributed by atoms with van der Waals surface area (Å²) in [5.74, 6) is -0.763. The Morgan fingerprint density at radius 1 is 1.45 bits per heavy atom. The number of fused-ring (bicyclic) bond motifs is 1. The van der Waals surface area contributed by atoms with E-state index in [0.717, 1.165) is 22.7 Å². The molecule has 0 aliphatic carbocycles. The van der Waals surface area contributed by atoms with Crippen molar-refractivity contribution in [3.05, 3.63) is 45.4 Å². The van der Waals surface area contributed by atoms with E-state index in [1.54, 1.807) is 25.1 Å². The van der Waals surface area contributed by atoms with Crippen molar-refractivity contribution in [2.45, 2.75) is 19.4 Å². The summed E-state index contributed by atoms with van der Waals surface area (Å²) in [7, 11) is 0. The van der Waals surface area contributed by atoms with Crippen molar-refractivity contribution in [1.29, 1.82) is 0 Å². The van der Waals surface area contributed by atoms with Gasteiger partial charge in [0.05, 0.1) is 17.8 Å². The molecule has 1 aliphatic heterocycles. The zero-order valence-corrected chi connectivity index (χ0v) is 12.6. The van der Waals surface area contributed by atoms with Crippen LogP contribution in [-0.2, 0) is 11.2 Å². The van der Waals surface area contributed by atoms with E-state index in [-0.39, 0.29) is 0 Å². The Balaban J connectivity index is 1.84. The van der Waals surface area contributed by atoms with Gasteiger partial charge in [-0.3, -0.25) is 4.79 Å². The smallest absolute Gasteiger partial charge is 0.330 e. The molecule has 1 aromatic heterocycles. The van der Waals surface area contributed by atoms with Crippen molar-refractivity contribution < 1.29 is 19.4 Å². The second-order valence-corrected chi connectivity index (χ2v) is 6.19. The van der Waals surface area contributed by atoms with Crippen LogP contribution >= 0.6 is 11.3 Å². The molecule has 1 aromatic carbocycles. The quantitative estimate of drug-likeness (QED) is 0.899. The van der Waals surface area contributed by atoms with Crippen LogP contribution in [0.3, 0.4) is 0 Å². The van der Waals surface area contributed by atoms with Gasteiger partial charge >= 0.3 is 5.97 Å². The first-order valence-electron chi connectivity index (χ1n) is 6.76. The summed E-state index contributed by atoms with van der Waals surface area (Å²) in [4.78, 5) is 28.1. The number of amides is 1. The standard InChI is InChI=1S/C15H14N2O4S/c1-8-16-7-12(22-8)14(18)17-13(15(19)20)10-2-3-11-9(6-10)4-5-21-11/h2-3,6-7,13H,4-5H2,1H3,(H,17,18)(H,19,20). The number of hydrogen-bond donors (Lipinski definition) is 2. The molecule has 1 aliphatic rings. The number of carbonyl (C=O) groups excluding carboxylic acids is 1. The minimum atomic E-state index is -1.10. The van der Waals surface area contributed by atoms with E-state index >= 15 is 0 Å². The molecule has 0 spiro atoms. The molecule has 0 fully saturated rings. The number of carbonyl (C=O) groups is 2. The van der Waals surface area contributed by atoms with E-state index in [1.807, 2.05) is 0 Å². The van der Waals surface area contributed by atoms with Crippen LogP contribution in [0, 0.1) is 6.92 Å². The molecule has 0 radical (unpaired) electrons. The number of thiazole rings is 1. The third-order valence-electron chi connectivity index (χ3n) is 3.41. The fraction of sp³-hybridized carbons (Fsp3) is 0.267. The summed E-state index contributed by atoms with van der Waals surface area (Å²) in [6.45, 7) is 2.39. The molecule has 0 saturated carbocycles. The van der Waals surface area contributed by atoms with E-state index in [4.69, 9.17) is 4.74 Å². The number of ether oxygens (including phenoxy) is 1. The van der Waals surface area contributed by atoms with Gasteiger partial charge in [0, 0.05) is 6.42 Å². The molecular weight excluding hydrogens is 304 g/mol. The molecule has 1 amide bonds. The first kappa shape index (κ1) is 14.5.